The maximum absolute atomic E-state index is 5.69. The third-order valence-corrected chi connectivity index (χ3v) is 8.08. The molecule has 0 fully saturated rings. The Kier molecular flexibility index (Phi) is 18.1. The summed E-state index contributed by atoms with van der Waals surface area (Å²) in [6, 6.07) is 12.4. The topological polar surface area (TPSA) is 27.7 Å². The Morgan fingerprint density at radius 3 is 1.50 bits per heavy atom. The molecule has 0 unspecified atom stereocenters. The van der Waals surface area contributed by atoms with Crippen LogP contribution in [-0.2, 0) is 6.42 Å². The lowest BCUT2D eigenvalue weighted by Crippen LogP contribution is -1.96. The van der Waals surface area contributed by atoms with Gasteiger partial charge in [0.05, 0.1) is 26.9 Å². The molecule has 222 valence electrons. The number of hydrogen-bond acceptors (Lipinski definition) is 4. The van der Waals surface area contributed by atoms with Crippen LogP contribution in [-0.4, -0.2) is 26.2 Å². The van der Waals surface area contributed by atoms with E-state index in [-0.39, 0.29) is 0 Å². The molecule has 0 saturated carbocycles. The SMILES string of the molecule is CCCCCCCCCCCCCCCCCCc1ccc(C(=S)C=Cc2c(OC)cc(OC)cc2OC)cc1. The summed E-state index contributed by atoms with van der Waals surface area (Å²) >= 11 is 5.69. The molecule has 3 nitrogen and oxygen atoms in total. The van der Waals surface area contributed by atoms with Gasteiger partial charge in [0.1, 0.15) is 17.2 Å². The summed E-state index contributed by atoms with van der Waals surface area (Å²) < 4.78 is 16.4. The highest BCUT2D eigenvalue weighted by Gasteiger charge is 2.11. The lowest BCUT2D eigenvalue weighted by Gasteiger charge is -2.12. The van der Waals surface area contributed by atoms with E-state index < -0.39 is 0 Å². The van der Waals surface area contributed by atoms with Gasteiger partial charge in [-0.1, -0.05) is 140 Å². The number of benzene rings is 2. The van der Waals surface area contributed by atoms with E-state index in [4.69, 9.17) is 26.4 Å². The number of methoxy groups -OCH3 is 3. The number of unbranched alkanes of at least 4 members (excludes halogenated alkanes) is 15. The molecule has 0 aliphatic rings. The van der Waals surface area contributed by atoms with Gasteiger partial charge in [0.15, 0.2) is 0 Å². The summed E-state index contributed by atoms with van der Waals surface area (Å²) in [6.07, 6.45) is 27.5. The largest absolute Gasteiger partial charge is 0.496 e. The maximum Gasteiger partial charge on any atom is 0.133 e. The van der Waals surface area contributed by atoms with Gasteiger partial charge in [-0.05, 0) is 36.1 Å². The highest BCUT2D eigenvalue weighted by Crippen LogP contribution is 2.35. The minimum Gasteiger partial charge on any atom is -0.496 e. The second kappa shape index (κ2) is 21.4. The van der Waals surface area contributed by atoms with Crippen molar-refractivity contribution in [3.63, 3.8) is 0 Å². The highest BCUT2D eigenvalue weighted by molar-refractivity contribution is 7.81. The van der Waals surface area contributed by atoms with Gasteiger partial charge in [0, 0.05) is 17.0 Å². The molecule has 0 saturated heterocycles. The predicted molar refractivity (Wildman–Crippen MR) is 177 cm³/mol. The average molecular weight is 567 g/mol. The number of allylic oxidation sites excluding steroid dienone is 1. The first-order valence-electron chi connectivity index (χ1n) is 15.7. The number of rotatable bonds is 23. The molecule has 0 atom stereocenters. The van der Waals surface area contributed by atoms with Crippen LogP contribution in [0.25, 0.3) is 6.08 Å². The lowest BCUT2D eigenvalue weighted by atomic mass is 10.0. The van der Waals surface area contributed by atoms with E-state index in [1.54, 1.807) is 21.3 Å². The second-order valence-electron chi connectivity index (χ2n) is 10.9. The van der Waals surface area contributed by atoms with Gasteiger partial charge < -0.3 is 14.2 Å². The second-order valence-corrected chi connectivity index (χ2v) is 11.3. The Morgan fingerprint density at radius 1 is 0.625 bits per heavy atom. The Bertz CT molecular complexity index is 955. The molecule has 0 N–H and O–H groups in total. The number of ether oxygens (including phenoxy) is 3. The fraction of sp³-hybridized carbons (Fsp3) is 0.583. The summed E-state index contributed by atoms with van der Waals surface area (Å²) in [6.45, 7) is 2.29. The summed E-state index contributed by atoms with van der Waals surface area (Å²) in [5.41, 5.74) is 3.28. The zero-order valence-electron chi connectivity index (χ0n) is 25.8. The van der Waals surface area contributed by atoms with E-state index >= 15 is 0 Å². The quantitative estimate of drug-likeness (QED) is 0.0578. The number of thiocarbonyl (C=S) groups is 1. The van der Waals surface area contributed by atoms with Crippen molar-refractivity contribution < 1.29 is 14.2 Å². The van der Waals surface area contributed by atoms with Crippen molar-refractivity contribution >= 4 is 23.2 Å². The molecule has 0 amide bonds. The van der Waals surface area contributed by atoms with Crippen LogP contribution in [0.1, 0.15) is 126 Å². The summed E-state index contributed by atoms with van der Waals surface area (Å²) in [4.78, 5) is 0.786. The van der Waals surface area contributed by atoms with Gasteiger partial charge in [-0.2, -0.15) is 0 Å². The van der Waals surface area contributed by atoms with E-state index in [2.05, 4.69) is 31.2 Å². The monoisotopic (exact) mass is 566 g/mol. The molecule has 40 heavy (non-hydrogen) atoms. The molecule has 2 aromatic rings. The Labute approximate surface area is 250 Å². The normalized spacial score (nSPS) is 11.2. The lowest BCUT2D eigenvalue weighted by molar-refractivity contribution is 0.374. The van der Waals surface area contributed by atoms with Crippen LogP contribution in [0, 0.1) is 0 Å². The molecular weight excluding hydrogens is 512 g/mol. The van der Waals surface area contributed by atoms with Gasteiger partial charge in [-0.15, -0.1) is 0 Å². The van der Waals surface area contributed by atoms with Crippen LogP contribution in [0.5, 0.6) is 17.2 Å². The standard InChI is InChI=1S/C36H54O3S/c1-5-6-7-8-9-10-11-12-13-14-15-16-17-18-19-20-21-30-22-24-31(25-23-30)36(40)27-26-33-34(38-3)28-32(37-2)29-35(33)39-4/h22-29H,5-21H2,1-4H3. The summed E-state index contributed by atoms with van der Waals surface area (Å²) in [5.74, 6) is 2.06. The molecule has 0 aromatic heterocycles. The van der Waals surface area contributed by atoms with Crippen LogP contribution >= 0.6 is 12.2 Å². The Morgan fingerprint density at radius 2 is 1.07 bits per heavy atom. The van der Waals surface area contributed by atoms with E-state index in [0.29, 0.717) is 17.2 Å². The van der Waals surface area contributed by atoms with Crippen LogP contribution in [0.15, 0.2) is 42.5 Å². The molecule has 0 spiro atoms. The molecule has 0 aliphatic heterocycles. The van der Waals surface area contributed by atoms with Crippen LogP contribution < -0.4 is 14.2 Å². The van der Waals surface area contributed by atoms with Crippen molar-refractivity contribution in [2.24, 2.45) is 0 Å². The number of aryl methyl sites for hydroxylation is 1. The minimum atomic E-state index is 0.685. The highest BCUT2D eigenvalue weighted by atomic mass is 32.1. The van der Waals surface area contributed by atoms with E-state index in [9.17, 15) is 0 Å². The first-order chi connectivity index (χ1) is 19.6. The smallest absolute Gasteiger partial charge is 0.133 e. The first-order valence-corrected chi connectivity index (χ1v) is 16.1. The Balaban J connectivity index is 1.59. The van der Waals surface area contributed by atoms with Crippen molar-refractivity contribution in [1.82, 2.24) is 0 Å². The zero-order valence-corrected chi connectivity index (χ0v) is 26.6. The maximum atomic E-state index is 5.69. The number of hydrogen-bond donors (Lipinski definition) is 0. The average Bonchev–Trinajstić information content (AvgIpc) is 2.99. The van der Waals surface area contributed by atoms with Crippen LogP contribution in [0.2, 0.25) is 0 Å². The molecule has 0 bridgehead atoms. The summed E-state index contributed by atoms with van der Waals surface area (Å²) in [7, 11) is 4.91. The molecule has 2 aromatic carbocycles. The van der Waals surface area contributed by atoms with Gasteiger partial charge in [-0.3, -0.25) is 0 Å². The van der Waals surface area contributed by atoms with Gasteiger partial charge in [-0.25, -0.2) is 0 Å². The van der Waals surface area contributed by atoms with Crippen LogP contribution in [0.4, 0.5) is 0 Å². The Hall–Kier alpha value is -2.33. The van der Waals surface area contributed by atoms with Crippen molar-refractivity contribution in [3.05, 3.63) is 59.2 Å². The zero-order chi connectivity index (χ0) is 28.8. The first kappa shape index (κ1) is 33.9. The molecular formula is C36H54O3S. The molecule has 0 aliphatic carbocycles. The minimum absolute atomic E-state index is 0.685. The molecule has 0 heterocycles. The fourth-order valence-corrected chi connectivity index (χ4v) is 5.37. The molecule has 2 rings (SSSR count). The van der Waals surface area contributed by atoms with E-state index in [0.717, 1.165) is 22.4 Å². The molecule has 4 heteroatoms. The molecule has 0 radical (unpaired) electrons. The summed E-state index contributed by atoms with van der Waals surface area (Å²) in [5, 5.41) is 0. The van der Waals surface area contributed by atoms with E-state index in [1.807, 2.05) is 24.3 Å². The van der Waals surface area contributed by atoms with Gasteiger partial charge in [0.2, 0.25) is 0 Å². The third-order valence-electron chi connectivity index (χ3n) is 7.71. The van der Waals surface area contributed by atoms with Gasteiger partial charge >= 0.3 is 0 Å². The van der Waals surface area contributed by atoms with Crippen molar-refractivity contribution in [1.29, 1.82) is 0 Å². The van der Waals surface area contributed by atoms with Crippen molar-refractivity contribution in [2.75, 3.05) is 21.3 Å². The third kappa shape index (κ3) is 13.4. The van der Waals surface area contributed by atoms with Crippen LogP contribution in [0.3, 0.4) is 0 Å². The van der Waals surface area contributed by atoms with Crippen molar-refractivity contribution in [3.8, 4) is 17.2 Å². The predicted octanol–water partition coefficient (Wildman–Crippen LogP) is 10.9. The fourth-order valence-electron chi connectivity index (χ4n) is 5.17. The van der Waals surface area contributed by atoms with E-state index in [1.165, 1.54) is 108 Å². The van der Waals surface area contributed by atoms with Gasteiger partial charge in [0.25, 0.3) is 0 Å². The van der Waals surface area contributed by atoms with Crippen molar-refractivity contribution in [2.45, 2.75) is 116 Å².